The number of hydrogen-bond donors (Lipinski definition) is 0. The number of halogens is 1. The molecule has 0 saturated carbocycles. The highest BCUT2D eigenvalue weighted by atomic mass is 19.1. The zero-order valence-corrected chi connectivity index (χ0v) is 13.2. The summed E-state index contributed by atoms with van der Waals surface area (Å²) < 4.78 is 18.1. The summed E-state index contributed by atoms with van der Waals surface area (Å²) in [6.45, 7) is 1.52. The zero-order chi connectivity index (χ0) is 16.2. The van der Waals surface area contributed by atoms with Gasteiger partial charge in [-0.2, -0.15) is 0 Å². The van der Waals surface area contributed by atoms with Crippen molar-refractivity contribution in [1.29, 1.82) is 0 Å². The van der Waals surface area contributed by atoms with Crippen molar-refractivity contribution in [3.63, 3.8) is 0 Å². The summed E-state index contributed by atoms with van der Waals surface area (Å²) in [5, 5.41) is 0. The Morgan fingerprint density at radius 3 is 2.52 bits per heavy atom. The number of amides is 1. The molecule has 1 heterocycles. The summed E-state index contributed by atoms with van der Waals surface area (Å²) in [5.74, 6) is 1.05. The fourth-order valence-corrected chi connectivity index (χ4v) is 3.02. The van der Waals surface area contributed by atoms with Crippen LogP contribution in [-0.4, -0.2) is 31.0 Å². The maximum atomic E-state index is 12.9. The van der Waals surface area contributed by atoms with E-state index in [1.807, 2.05) is 17.0 Å². The Morgan fingerprint density at radius 1 is 1.17 bits per heavy atom. The number of benzene rings is 2. The van der Waals surface area contributed by atoms with Crippen LogP contribution in [0.1, 0.15) is 23.5 Å². The van der Waals surface area contributed by atoms with Crippen LogP contribution in [0.5, 0.6) is 5.75 Å². The van der Waals surface area contributed by atoms with Crippen LogP contribution in [0.15, 0.2) is 48.5 Å². The van der Waals surface area contributed by atoms with Crippen molar-refractivity contribution < 1.29 is 13.9 Å². The van der Waals surface area contributed by atoms with Crippen molar-refractivity contribution >= 4 is 5.91 Å². The Morgan fingerprint density at radius 2 is 1.87 bits per heavy atom. The van der Waals surface area contributed by atoms with E-state index in [9.17, 15) is 9.18 Å². The van der Waals surface area contributed by atoms with Gasteiger partial charge in [0.05, 0.1) is 13.5 Å². The normalized spacial score (nSPS) is 17.3. The van der Waals surface area contributed by atoms with Crippen LogP contribution in [0, 0.1) is 5.82 Å². The van der Waals surface area contributed by atoms with Gasteiger partial charge < -0.3 is 9.64 Å². The van der Waals surface area contributed by atoms with Crippen molar-refractivity contribution in [1.82, 2.24) is 4.90 Å². The Labute approximate surface area is 135 Å². The molecule has 1 atom stereocenters. The highest BCUT2D eigenvalue weighted by molar-refractivity contribution is 5.79. The second-order valence-corrected chi connectivity index (χ2v) is 5.90. The zero-order valence-electron chi connectivity index (χ0n) is 13.2. The number of methoxy groups -OCH3 is 1. The lowest BCUT2D eigenvalue weighted by Crippen LogP contribution is -2.29. The number of carbonyl (C=O) groups is 1. The van der Waals surface area contributed by atoms with Crippen LogP contribution in [0.4, 0.5) is 4.39 Å². The van der Waals surface area contributed by atoms with Crippen LogP contribution in [0.25, 0.3) is 0 Å². The molecule has 0 aliphatic carbocycles. The van der Waals surface area contributed by atoms with E-state index in [1.54, 1.807) is 19.2 Å². The summed E-state index contributed by atoms with van der Waals surface area (Å²) in [6, 6.07) is 14.2. The fourth-order valence-electron chi connectivity index (χ4n) is 3.02. The first-order valence-corrected chi connectivity index (χ1v) is 7.82. The smallest absolute Gasteiger partial charge is 0.227 e. The van der Waals surface area contributed by atoms with E-state index in [1.165, 1.54) is 17.7 Å². The predicted molar refractivity (Wildman–Crippen MR) is 87.0 cm³/mol. The van der Waals surface area contributed by atoms with Crippen molar-refractivity contribution in [2.75, 3.05) is 20.2 Å². The first-order chi connectivity index (χ1) is 11.2. The first kappa shape index (κ1) is 15.5. The molecule has 1 aliphatic heterocycles. The molecule has 1 fully saturated rings. The molecule has 0 aromatic heterocycles. The molecule has 1 aliphatic rings. The molecule has 1 saturated heterocycles. The van der Waals surface area contributed by atoms with Gasteiger partial charge in [0.2, 0.25) is 5.91 Å². The van der Waals surface area contributed by atoms with Crippen LogP contribution in [0.2, 0.25) is 0 Å². The van der Waals surface area contributed by atoms with Gasteiger partial charge in [-0.15, -0.1) is 0 Å². The molecule has 0 bridgehead atoms. The lowest BCUT2D eigenvalue weighted by Gasteiger charge is -2.17. The van der Waals surface area contributed by atoms with E-state index >= 15 is 0 Å². The summed E-state index contributed by atoms with van der Waals surface area (Å²) in [7, 11) is 1.65. The van der Waals surface area contributed by atoms with Gasteiger partial charge in [-0.05, 0) is 41.8 Å². The van der Waals surface area contributed by atoms with E-state index in [-0.39, 0.29) is 11.7 Å². The molecule has 0 unspecified atom stereocenters. The lowest BCUT2D eigenvalue weighted by atomic mass is 9.98. The standard InChI is InChI=1S/C19H20FNO2/c1-23-18-8-4-15(5-9-18)16-10-11-21(13-16)19(22)12-14-2-6-17(20)7-3-14/h2-9,16H,10-13H2,1H3/t16-/m1/s1. The molecule has 0 spiro atoms. The highest BCUT2D eigenvalue weighted by Crippen LogP contribution is 2.28. The topological polar surface area (TPSA) is 29.5 Å². The number of rotatable bonds is 4. The van der Waals surface area contributed by atoms with Crippen molar-refractivity contribution in [3.8, 4) is 5.75 Å². The van der Waals surface area contributed by atoms with Crippen molar-refractivity contribution in [3.05, 3.63) is 65.5 Å². The number of nitrogens with zero attached hydrogens (tertiary/aromatic N) is 1. The van der Waals surface area contributed by atoms with E-state index < -0.39 is 0 Å². The third kappa shape index (κ3) is 3.70. The molecule has 23 heavy (non-hydrogen) atoms. The molecule has 120 valence electrons. The molecular formula is C19H20FNO2. The summed E-state index contributed by atoms with van der Waals surface area (Å²) >= 11 is 0. The third-order valence-corrected chi connectivity index (χ3v) is 4.40. The quantitative estimate of drug-likeness (QED) is 0.866. The number of likely N-dealkylation sites (tertiary alicyclic amines) is 1. The summed E-state index contributed by atoms with van der Waals surface area (Å²) in [4.78, 5) is 14.3. The summed E-state index contributed by atoms with van der Waals surface area (Å²) in [5.41, 5.74) is 2.09. The molecule has 2 aromatic carbocycles. The van der Waals surface area contributed by atoms with Gasteiger partial charge in [0, 0.05) is 19.0 Å². The Kier molecular flexibility index (Phi) is 4.60. The summed E-state index contributed by atoms with van der Waals surface area (Å²) in [6.07, 6.45) is 1.30. The second-order valence-electron chi connectivity index (χ2n) is 5.90. The maximum Gasteiger partial charge on any atom is 0.227 e. The van der Waals surface area contributed by atoms with Gasteiger partial charge in [-0.3, -0.25) is 4.79 Å². The number of ether oxygens (including phenoxy) is 1. The molecule has 0 N–H and O–H groups in total. The van der Waals surface area contributed by atoms with Gasteiger partial charge in [-0.1, -0.05) is 24.3 Å². The Balaban J connectivity index is 1.60. The minimum Gasteiger partial charge on any atom is -0.497 e. The largest absolute Gasteiger partial charge is 0.497 e. The molecular weight excluding hydrogens is 293 g/mol. The minimum atomic E-state index is -0.276. The van der Waals surface area contributed by atoms with Crippen LogP contribution >= 0.6 is 0 Å². The lowest BCUT2D eigenvalue weighted by molar-refractivity contribution is -0.129. The first-order valence-electron chi connectivity index (χ1n) is 7.82. The highest BCUT2D eigenvalue weighted by Gasteiger charge is 2.27. The third-order valence-electron chi connectivity index (χ3n) is 4.40. The van der Waals surface area contributed by atoms with Crippen molar-refractivity contribution in [2.45, 2.75) is 18.8 Å². The van der Waals surface area contributed by atoms with Gasteiger partial charge >= 0.3 is 0 Å². The molecule has 3 nitrogen and oxygen atoms in total. The van der Waals surface area contributed by atoms with E-state index in [0.717, 1.165) is 30.8 Å². The van der Waals surface area contributed by atoms with E-state index in [2.05, 4.69) is 12.1 Å². The average molecular weight is 313 g/mol. The number of carbonyl (C=O) groups excluding carboxylic acids is 1. The molecule has 2 aromatic rings. The van der Waals surface area contributed by atoms with E-state index in [0.29, 0.717) is 12.3 Å². The van der Waals surface area contributed by atoms with E-state index in [4.69, 9.17) is 4.74 Å². The molecule has 0 radical (unpaired) electrons. The maximum absolute atomic E-state index is 12.9. The Bertz CT molecular complexity index is 667. The van der Waals surface area contributed by atoms with Gasteiger partial charge in [-0.25, -0.2) is 4.39 Å². The molecule has 1 amide bonds. The second kappa shape index (κ2) is 6.82. The number of hydrogen-bond acceptors (Lipinski definition) is 2. The van der Waals surface area contributed by atoms with Crippen LogP contribution < -0.4 is 4.74 Å². The average Bonchev–Trinajstić information content (AvgIpc) is 3.07. The van der Waals surface area contributed by atoms with Crippen LogP contribution in [-0.2, 0) is 11.2 Å². The van der Waals surface area contributed by atoms with Crippen molar-refractivity contribution in [2.24, 2.45) is 0 Å². The SMILES string of the molecule is COc1ccc([C@@H]2CCN(C(=O)Cc3ccc(F)cc3)C2)cc1. The predicted octanol–water partition coefficient (Wildman–Crippen LogP) is 3.39. The Hall–Kier alpha value is -2.36. The van der Waals surface area contributed by atoms with Crippen LogP contribution in [0.3, 0.4) is 0 Å². The van der Waals surface area contributed by atoms with Gasteiger partial charge in [0.15, 0.2) is 0 Å². The fraction of sp³-hybridized carbons (Fsp3) is 0.316. The van der Waals surface area contributed by atoms with Gasteiger partial charge in [0.25, 0.3) is 0 Å². The molecule has 4 heteroatoms. The molecule has 3 rings (SSSR count). The minimum absolute atomic E-state index is 0.104. The monoisotopic (exact) mass is 313 g/mol. The van der Waals surface area contributed by atoms with Gasteiger partial charge in [0.1, 0.15) is 11.6 Å².